The summed E-state index contributed by atoms with van der Waals surface area (Å²) in [7, 11) is 0. The van der Waals surface area contributed by atoms with Gasteiger partial charge in [-0.2, -0.15) is 0 Å². The van der Waals surface area contributed by atoms with Gasteiger partial charge in [0.25, 0.3) is 0 Å². The van der Waals surface area contributed by atoms with Gasteiger partial charge in [0.05, 0.1) is 17.7 Å². The minimum atomic E-state index is -3.00. The first-order valence-electron chi connectivity index (χ1n) is 19.4. The van der Waals surface area contributed by atoms with Crippen molar-refractivity contribution in [2.75, 3.05) is 13.2 Å². The Bertz CT molecular complexity index is 2170. The first kappa shape index (κ1) is 45.6. The summed E-state index contributed by atoms with van der Waals surface area (Å²) in [5.41, 5.74) is -13.6. The standard InChI is InChI=1S/C41H47NO20/c1-18-24-12-13-42-15-25(24)34(48)55-16-37(7)27-28(56-20(3)44)32(59-23(6)47)40(17-54-19(2)43)33(60-35(49)26-11-10-14-53-26)29(57-21(4)45)31(61-36(50)38(18,8)51)39(9,52)41(40,62-37)30(27)58-22(5)46/h10-15,18,27-33,51-52H,16-17H2,1-9H3/t18-,27+,28-,29+,30-,31-,32+,33+,37+,38-,39-,40+,41-/m0/s1. The summed E-state index contributed by atoms with van der Waals surface area (Å²) < 4.78 is 59.9. The number of carbonyl (C=O) groups excluding carboxylic acids is 8. The molecule has 0 radical (unpaired) electrons. The van der Waals surface area contributed by atoms with Gasteiger partial charge in [-0.25, -0.2) is 14.4 Å². The number of pyridine rings is 1. The number of carbonyl (C=O) groups is 8. The van der Waals surface area contributed by atoms with Crippen LogP contribution in [0.1, 0.15) is 94.7 Å². The Morgan fingerprint density at radius 2 is 1.40 bits per heavy atom. The first-order chi connectivity index (χ1) is 28.9. The largest absolute Gasteiger partial charge is 0.465 e. The lowest BCUT2D eigenvalue weighted by molar-refractivity contribution is -0.386. The van der Waals surface area contributed by atoms with Crippen LogP contribution in [0.15, 0.2) is 41.3 Å². The maximum atomic E-state index is 14.6. The molecule has 13 atom stereocenters. The molecule has 4 aliphatic rings. The number of aromatic nitrogens is 1. The van der Waals surface area contributed by atoms with Crippen LogP contribution < -0.4 is 0 Å². The Labute approximate surface area is 353 Å². The summed E-state index contributed by atoms with van der Waals surface area (Å²) in [5, 5.41) is 25.6. The van der Waals surface area contributed by atoms with Gasteiger partial charge in [-0.05, 0) is 44.5 Å². The van der Waals surface area contributed by atoms with Crippen LogP contribution >= 0.6 is 0 Å². The molecule has 21 heteroatoms. The second kappa shape index (κ2) is 16.1. The zero-order valence-electron chi connectivity index (χ0n) is 35.2. The molecule has 1 saturated heterocycles. The molecule has 6 rings (SSSR count). The fourth-order valence-electron chi connectivity index (χ4n) is 9.68. The number of hydrogen-bond acceptors (Lipinski definition) is 21. The van der Waals surface area contributed by atoms with Crippen LogP contribution in [-0.2, 0) is 71.4 Å². The average Bonchev–Trinajstić information content (AvgIpc) is 3.79. The Hall–Kier alpha value is -5.93. The van der Waals surface area contributed by atoms with Crippen molar-refractivity contribution >= 4 is 47.8 Å². The number of hydrogen-bond donors (Lipinski definition) is 2. The predicted octanol–water partition coefficient (Wildman–Crippen LogP) is 1.04. The number of nitrogens with zero attached hydrogens (tertiary/aromatic N) is 1. The Morgan fingerprint density at radius 3 is 1.98 bits per heavy atom. The summed E-state index contributed by atoms with van der Waals surface area (Å²) in [5.74, 6) is -12.7. The molecule has 4 bridgehead atoms. The van der Waals surface area contributed by atoms with E-state index in [-0.39, 0.29) is 11.1 Å². The second-order valence-electron chi connectivity index (χ2n) is 16.4. The van der Waals surface area contributed by atoms with Gasteiger partial charge in [0, 0.05) is 52.9 Å². The molecule has 0 aromatic carbocycles. The number of rotatable bonds is 8. The van der Waals surface area contributed by atoms with Crippen LogP contribution in [-0.4, -0.2) is 135 Å². The lowest BCUT2D eigenvalue weighted by Crippen LogP contribution is -2.89. The van der Waals surface area contributed by atoms with Crippen molar-refractivity contribution in [2.45, 2.75) is 127 Å². The highest BCUT2D eigenvalue weighted by Gasteiger charge is 2.92. The van der Waals surface area contributed by atoms with Crippen molar-refractivity contribution in [3.63, 3.8) is 0 Å². The Balaban J connectivity index is 1.82. The highest BCUT2D eigenvalue weighted by atomic mass is 16.7. The molecule has 1 spiro atoms. The molecule has 0 amide bonds. The van der Waals surface area contributed by atoms with Gasteiger partial charge in [-0.3, -0.25) is 29.0 Å². The van der Waals surface area contributed by atoms with Gasteiger partial charge >= 0.3 is 47.8 Å². The van der Waals surface area contributed by atoms with Crippen molar-refractivity contribution in [1.29, 1.82) is 0 Å². The quantitative estimate of drug-likeness (QED) is 0.277. The normalized spacial score (nSPS) is 37.3. The number of esters is 8. The van der Waals surface area contributed by atoms with E-state index in [0.717, 1.165) is 60.9 Å². The minimum Gasteiger partial charge on any atom is -0.465 e. The van der Waals surface area contributed by atoms with E-state index < -0.39 is 143 Å². The molecule has 4 heterocycles. The van der Waals surface area contributed by atoms with Crippen molar-refractivity contribution in [3.8, 4) is 0 Å². The lowest BCUT2D eigenvalue weighted by atomic mass is 9.45. The third-order valence-corrected chi connectivity index (χ3v) is 12.3. The van der Waals surface area contributed by atoms with Crippen molar-refractivity contribution in [2.24, 2.45) is 11.3 Å². The predicted molar refractivity (Wildman–Crippen MR) is 199 cm³/mol. The molecular weight excluding hydrogens is 826 g/mol. The molecule has 0 unspecified atom stereocenters. The number of cyclic esters (lactones) is 1. The zero-order valence-corrected chi connectivity index (χ0v) is 35.2. The summed E-state index contributed by atoms with van der Waals surface area (Å²) >= 11 is 0. The van der Waals surface area contributed by atoms with E-state index in [9.17, 15) is 48.6 Å². The van der Waals surface area contributed by atoms with E-state index in [1.165, 1.54) is 38.2 Å². The van der Waals surface area contributed by atoms with E-state index >= 15 is 0 Å². The second-order valence-corrected chi connectivity index (χ2v) is 16.4. The third-order valence-electron chi connectivity index (χ3n) is 12.3. The molecule has 336 valence electrons. The summed E-state index contributed by atoms with van der Waals surface area (Å²) in [6.07, 6.45) is -9.44. The van der Waals surface area contributed by atoms with Gasteiger partial charge in [-0.15, -0.1) is 0 Å². The molecule has 3 fully saturated rings. The van der Waals surface area contributed by atoms with E-state index in [1.54, 1.807) is 0 Å². The van der Waals surface area contributed by atoms with Crippen LogP contribution in [0.3, 0.4) is 0 Å². The minimum absolute atomic E-state index is 0.0415. The number of furan rings is 1. The lowest BCUT2D eigenvalue weighted by Gasteiger charge is -2.67. The van der Waals surface area contributed by atoms with Gasteiger partial charge in [0.15, 0.2) is 35.6 Å². The fourth-order valence-corrected chi connectivity index (χ4v) is 9.68. The molecule has 2 aliphatic carbocycles. The van der Waals surface area contributed by atoms with E-state index in [1.807, 2.05) is 0 Å². The van der Waals surface area contributed by atoms with Crippen molar-refractivity contribution < 1.29 is 95.6 Å². The molecule has 2 aromatic heterocycles. The molecule has 2 aromatic rings. The Kier molecular flexibility index (Phi) is 11.8. The smallest absolute Gasteiger partial charge is 0.374 e. The molecule has 21 nitrogen and oxygen atoms in total. The topological polar surface area (TPSA) is 286 Å². The van der Waals surface area contributed by atoms with E-state index in [2.05, 4.69) is 4.98 Å². The number of aliphatic hydroxyl groups is 2. The third kappa shape index (κ3) is 7.14. The van der Waals surface area contributed by atoms with Crippen LogP contribution in [0.25, 0.3) is 0 Å². The highest BCUT2D eigenvalue weighted by molar-refractivity contribution is 5.92. The number of ether oxygens (including phenoxy) is 9. The molecule has 62 heavy (non-hydrogen) atoms. The van der Waals surface area contributed by atoms with E-state index in [4.69, 9.17) is 47.0 Å². The molecule has 2 aliphatic heterocycles. The summed E-state index contributed by atoms with van der Waals surface area (Å²) in [6, 6.07) is 3.84. The van der Waals surface area contributed by atoms with Crippen molar-refractivity contribution in [3.05, 3.63) is 53.7 Å². The average molecular weight is 874 g/mol. The maximum absolute atomic E-state index is 14.6. The maximum Gasteiger partial charge on any atom is 0.374 e. The Morgan fingerprint density at radius 1 is 0.806 bits per heavy atom. The van der Waals surface area contributed by atoms with Crippen LogP contribution in [0, 0.1) is 11.3 Å². The van der Waals surface area contributed by atoms with Gasteiger partial charge in [-0.1, -0.05) is 6.92 Å². The highest BCUT2D eigenvalue weighted by Crippen LogP contribution is 2.70. The zero-order chi connectivity index (χ0) is 45.9. The molecule has 2 saturated carbocycles. The van der Waals surface area contributed by atoms with Gasteiger partial charge in [0.2, 0.25) is 5.76 Å². The monoisotopic (exact) mass is 873 g/mol. The number of fused-ring (bicyclic) bond motifs is 5. The SMILES string of the molecule is CC(=O)OC[C@]12[C@H](OC(C)=O)[C@@H](OC(C)=O)[C@@H]3[C@H](OC(C)=O)[C@@]14O[C@]3(C)COC(=O)c1cnccc1[C@H](C)[C@](C)(O)C(=O)O[C@@H]([C@@H](OC(C)=O)[C@H]2OC(=O)c1ccco1)[C@]4(C)O. The van der Waals surface area contributed by atoms with Crippen LogP contribution in [0.5, 0.6) is 0 Å². The van der Waals surface area contributed by atoms with E-state index in [0.29, 0.717) is 0 Å². The molecule has 2 N–H and O–H groups in total. The first-order valence-corrected chi connectivity index (χ1v) is 19.4. The summed E-state index contributed by atoms with van der Waals surface area (Å²) in [6.45, 7) is 7.53. The summed E-state index contributed by atoms with van der Waals surface area (Å²) in [4.78, 5) is 113. The van der Waals surface area contributed by atoms with Gasteiger partial charge in [0.1, 0.15) is 42.0 Å². The van der Waals surface area contributed by atoms with Crippen molar-refractivity contribution in [1.82, 2.24) is 4.98 Å². The molecular formula is C41H47NO20. The van der Waals surface area contributed by atoms with Crippen LogP contribution in [0.4, 0.5) is 0 Å². The fraction of sp³-hybridized carbons (Fsp3) is 0.585. The van der Waals surface area contributed by atoms with Gasteiger partial charge < -0.3 is 57.3 Å². The van der Waals surface area contributed by atoms with Crippen LogP contribution in [0.2, 0.25) is 0 Å².